The van der Waals surface area contributed by atoms with E-state index in [4.69, 9.17) is 11.6 Å². The minimum atomic E-state index is -0.211. The molecule has 0 saturated carbocycles. The third kappa shape index (κ3) is 4.66. The van der Waals surface area contributed by atoms with Gasteiger partial charge in [-0.3, -0.25) is 9.59 Å². The Morgan fingerprint density at radius 3 is 2.66 bits per heavy atom. The number of carbonyl (C=O) groups is 2. The summed E-state index contributed by atoms with van der Waals surface area (Å²) in [5.74, 6) is 0.577. The number of rotatable bonds is 6. The largest absolute Gasteiger partial charge is 0.338 e. The summed E-state index contributed by atoms with van der Waals surface area (Å²) in [6, 6.07) is 16.7. The van der Waals surface area contributed by atoms with Gasteiger partial charge >= 0.3 is 0 Å². The van der Waals surface area contributed by atoms with Gasteiger partial charge in [0, 0.05) is 36.2 Å². The average molecular weight is 409 g/mol. The highest BCUT2D eigenvalue weighted by Gasteiger charge is 2.20. The van der Waals surface area contributed by atoms with E-state index in [1.807, 2.05) is 47.4 Å². The molecule has 0 unspecified atom stereocenters. The molecule has 148 valence electrons. The van der Waals surface area contributed by atoms with E-state index in [-0.39, 0.29) is 11.8 Å². The van der Waals surface area contributed by atoms with E-state index in [0.717, 1.165) is 24.1 Å². The van der Waals surface area contributed by atoms with Crippen LogP contribution in [0.15, 0.2) is 60.8 Å². The lowest BCUT2D eigenvalue weighted by Gasteiger charge is -2.16. The van der Waals surface area contributed by atoms with E-state index < -0.39 is 0 Å². The van der Waals surface area contributed by atoms with Gasteiger partial charge in [0.1, 0.15) is 5.82 Å². The van der Waals surface area contributed by atoms with Crippen molar-refractivity contribution in [2.75, 3.05) is 11.9 Å². The topological polar surface area (TPSA) is 67.2 Å². The van der Waals surface area contributed by atoms with E-state index in [1.165, 1.54) is 0 Å². The zero-order valence-corrected chi connectivity index (χ0v) is 16.6. The predicted octanol–water partition coefficient (Wildman–Crippen LogP) is 3.96. The second-order valence-electron chi connectivity index (χ2n) is 7.07. The first kappa shape index (κ1) is 19.2. The number of hydrogen-bond acceptors (Lipinski definition) is 3. The number of likely N-dealkylation sites (tertiary alicyclic amines) is 1. The van der Waals surface area contributed by atoms with Crippen molar-refractivity contribution in [3.8, 4) is 0 Å². The van der Waals surface area contributed by atoms with Crippen molar-refractivity contribution in [2.45, 2.75) is 25.9 Å². The van der Waals surface area contributed by atoms with Crippen LogP contribution < -0.4 is 5.32 Å². The van der Waals surface area contributed by atoms with Crippen LogP contribution in [-0.2, 0) is 17.9 Å². The summed E-state index contributed by atoms with van der Waals surface area (Å²) < 4.78 is 1.73. The first-order valence-electron chi connectivity index (χ1n) is 9.53. The molecule has 3 aromatic rings. The Hall–Kier alpha value is -3.12. The zero-order chi connectivity index (χ0) is 20.2. The summed E-state index contributed by atoms with van der Waals surface area (Å²) in [4.78, 5) is 26.4. The molecule has 1 fully saturated rings. The molecular formula is C22H21ClN4O2. The minimum Gasteiger partial charge on any atom is -0.338 e. The van der Waals surface area contributed by atoms with Crippen LogP contribution in [0.4, 0.5) is 5.82 Å². The summed E-state index contributed by atoms with van der Waals surface area (Å²) in [5, 5.41) is 7.90. The van der Waals surface area contributed by atoms with Crippen molar-refractivity contribution in [1.82, 2.24) is 14.7 Å². The van der Waals surface area contributed by atoms with Gasteiger partial charge in [-0.15, -0.1) is 0 Å². The number of benzene rings is 2. The second kappa shape index (κ2) is 8.49. The highest BCUT2D eigenvalue weighted by Crippen LogP contribution is 2.17. The van der Waals surface area contributed by atoms with Crippen molar-refractivity contribution in [2.24, 2.45) is 0 Å². The van der Waals surface area contributed by atoms with Gasteiger partial charge in [0.05, 0.1) is 12.7 Å². The molecule has 2 amide bonds. The summed E-state index contributed by atoms with van der Waals surface area (Å²) in [5.41, 5.74) is 2.53. The lowest BCUT2D eigenvalue weighted by molar-refractivity contribution is -0.128. The Bertz CT molecular complexity index is 1030. The van der Waals surface area contributed by atoms with Crippen LogP contribution in [0.5, 0.6) is 0 Å². The number of nitrogens with one attached hydrogen (secondary N) is 1. The molecule has 29 heavy (non-hydrogen) atoms. The van der Waals surface area contributed by atoms with Crippen LogP contribution in [0, 0.1) is 0 Å². The van der Waals surface area contributed by atoms with Crippen molar-refractivity contribution in [3.05, 3.63) is 82.5 Å². The van der Waals surface area contributed by atoms with E-state index in [1.54, 1.807) is 23.0 Å². The van der Waals surface area contributed by atoms with Crippen molar-refractivity contribution >= 4 is 29.2 Å². The number of amides is 2. The molecule has 2 aromatic carbocycles. The quantitative estimate of drug-likeness (QED) is 0.671. The molecule has 7 heteroatoms. The first-order chi connectivity index (χ1) is 14.1. The third-order valence-electron chi connectivity index (χ3n) is 4.94. The van der Waals surface area contributed by atoms with Crippen LogP contribution in [0.3, 0.4) is 0 Å². The van der Waals surface area contributed by atoms with E-state index in [2.05, 4.69) is 10.4 Å². The molecule has 0 radical (unpaired) electrons. The molecular weight excluding hydrogens is 388 g/mol. The van der Waals surface area contributed by atoms with Crippen LogP contribution in [0.2, 0.25) is 5.02 Å². The zero-order valence-electron chi connectivity index (χ0n) is 15.8. The molecule has 1 saturated heterocycles. The van der Waals surface area contributed by atoms with Crippen molar-refractivity contribution in [3.63, 3.8) is 0 Å². The van der Waals surface area contributed by atoms with Gasteiger partial charge in [-0.2, -0.15) is 5.10 Å². The standard InChI is InChI=1S/C22H21ClN4O2/c23-19-8-6-16(7-9-19)15-27-20(10-11-24-27)25-22(29)18-4-1-3-17(13-18)14-26-12-2-5-21(26)28/h1,3-4,6-11,13H,2,5,12,14-15H2,(H,25,29). The van der Waals surface area contributed by atoms with E-state index >= 15 is 0 Å². The Morgan fingerprint density at radius 2 is 1.90 bits per heavy atom. The Labute approximate surface area is 174 Å². The van der Waals surface area contributed by atoms with Gasteiger partial charge < -0.3 is 10.2 Å². The molecule has 1 aromatic heterocycles. The van der Waals surface area contributed by atoms with E-state index in [9.17, 15) is 9.59 Å². The number of nitrogens with zero attached hydrogens (tertiary/aromatic N) is 3. The fourth-order valence-corrected chi connectivity index (χ4v) is 3.54. The van der Waals surface area contributed by atoms with Crippen molar-refractivity contribution in [1.29, 1.82) is 0 Å². The van der Waals surface area contributed by atoms with Crippen LogP contribution in [0.1, 0.15) is 34.3 Å². The normalized spacial score (nSPS) is 13.7. The Morgan fingerprint density at radius 1 is 1.07 bits per heavy atom. The molecule has 1 aliphatic heterocycles. The Kier molecular flexibility index (Phi) is 5.62. The van der Waals surface area contributed by atoms with Crippen LogP contribution >= 0.6 is 11.6 Å². The van der Waals surface area contributed by atoms with Crippen molar-refractivity contribution < 1.29 is 9.59 Å². The van der Waals surface area contributed by atoms with Crippen LogP contribution in [-0.4, -0.2) is 33.0 Å². The summed E-state index contributed by atoms with van der Waals surface area (Å²) in [6.07, 6.45) is 3.16. The van der Waals surface area contributed by atoms with Gasteiger partial charge in [-0.05, 0) is 41.8 Å². The second-order valence-corrected chi connectivity index (χ2v) is 7.51. The number of hydrogen-bond donors (Lipinski definition) is 1. The first-order valence-corrected chi connectivity index (χ1v) is 9.90. The minimum absolute atomic E-state index is 0.172. The Balaban J connectivity index is 1.44. The predicted molar refractivity (Wildman–Crippen MR) is 112 cm³/mol. The maximum Gasteiger partial charge on any atom is 0.256 e. The average Bonchev–Trinajstić information content (AvgIpc) is 3.33. The molecule has 4 rings (SSSR count). The SMILES string of the molecule is O=C(Nc1ccnn1Cc1ccc(Cl)cc1)c1cccc(CN2CCCC2=O)c1. The number of carbonyl (C=O) groups excluding carboxylic acids is 2. The molecule has 0 aliphatic carbocycles. The van der Waals surface area contributed by atoms with E-state index in [0.29, 0.717) is 35.9 Å². The lowest BCUT2D eigenvalue weighted by atomic mass is 10.1. The maximum absolute atomic E-state index is 12.8. The van der Waals surface area contributed by atoms with Gasteiger partial charge in [-0.1, -0.05) is 35.9 Å². The molecule has 0 spiro atoms. The summed E-state index contributed by atoms with van der Waals surface area (Å²) in [6.45, 7) is 1.84. The monoisotopic (exact) mass is 408 g/mol. The highest BCUT2D eigenvalue weighted by atomic mass is 35.5. The van der Waals surface area contributed by atoms with Gasteiger partial charge in [0.25, 0.3) is 5.91 Å². The fourth-order valence-electron chi connectivity index (χ4n) is 3.42. The van der Waals surface area contributed by atoms with Crippen LogP contribution in [0.25, 0.3) is 0 Å². The molecule has 0 bridgehead atoms. The molecule has 0 atom stereocenters. The van der Waals surface area contributed by atoms with Gasteiger partial charge in [0.15, 0.2) is 0 Å². The molecule has 1 N–H and O–H groups in total. The number of aromatic nitrogens is 2. The molecule has 2 heterocycles. The highest BCUT2D eigenvalue weighted by molar-refractivity contribution is 6.30. The van der Waals surface area contributed by atoms with Gasteiger partial charge in [0.2, 0.25) is 5.91 Å². The molecule has 1 aliphatic rings. The third-order valence-corrected chi connectivity index (χ3v) is 5.19. The lowest BCUT2D eigenvalue weighted by Crippen LogP contribution is -2.24. The fraction of sp³-hybridized carbons (Fsp3) is 0.227. The number of anilines is 1. The molecule has 6 nitrogen and oxygen atoms in total. The summed E-state index contributed by atoms with van der Waals surface area (Å²) in [7, 11) is 0. The number of halogens is 1. The summed E-state index contributed by atoms with van der Waals surface area (Å²) >= 11 is 5.93. The van der Waals surface area contributed by atoms with Gasteiger partial charge in [-0.25, -0.2) is 4.68 Å². The maximum atomic E-state index is 12.8. The smallest absolute Gasteiger partial charge is 0.256 e.